The molecule has 0 saturated heterocycles. The molecule has 1 heterocycles. The van der Waals surface area contributed by atoms with E-state index in [0.717, 1.165) is 10.9 Å². The number of hydrogen-bond acceptors (Lipinski definition) is 8. The Kier molecular flexibility index (Phi) is 11.4. The first-order chi connectivity index (χ1) is 17.6. The molecule has 13 nitrogen and oxygen atoms in total. The second-order valence-corrected chi connectivity index (χ2v) is 9.31. The number of H-pyrrole nitrogens is 1. The Morgan fingerprint density at radius 3 is 2.24 bits per heavy atom. The number of aromatic nitrogens is 1. The highest BCUT2D eigenvalue weighted by molar-refractivity contribution is 7.98. The number of carboxylic acids is 1. The van der Waals surface area contributed by atoms with Gasteiger partial charge in [-0.25, -0.2) is 4.79 Å². The number of fused-ring (bicyclic) bond motifs is 1. The monoisotopic (exact) mass is 536 g/mol. The SMILES string of the molecule is CSCCC(N)C(=O)NC(Cc1c[nH]c2ccccc12)C(=O)NC(CC(N)=O)C(=O)NC(CO)C(=O)O. The first-order valence-electron chi connectivity index (χ1n) is 11.4. The Hall–Kier alpha value is -3.62. The molecule has 4 unspecified atom stereocenters. The van der Waals surface area contributed by atoms with E-state index in [9.17, 15) is 29.1 Å². The number of nitrogens with two attached hydrogens (primary N) is 2. The predicted molar refractivity (Wildman–Crippen MR) is 137 cm³/mol. The molecule has 14 heteroatoms. The van der Waals surface area contributed by atoms with E-state index in [0.29, 0.717) is 17.7 Å². The van der Waals surface area contributed by atoms with Crippen LogP contribution in [0.2, 0.25) is 0 Å². The summed E-state index contributed by atoms with van der Waals surface area (Å²) in [4.78, 5) is 64.5. The number of aliphatic hydroxyl groups is 1. The molecule has 4 atom stereocenters. The highest BCUT2D eigenvalue weighted by Gasteiger charge is 2.31. The van der Waals surface area contributed by atoms with Crippen LogP contribution in [0.5, 0.6) is 0 Å². The van der Waals surface area contributed by atoms with Crippen molar-refractivity contribution in [3.8, 4) is 0 Å². The van der Waals surface area contributed by atoms with Gasteiger partial charge >= 0.3 is 5.97 Å². The fraction of sp³-hybridized carbons (Fsp3) is 0.435. The van der Waals surface area contributed by atoms with E-state index in [1.807, 2.05) is 35.8 Å². The summed E-state index contributed by atoms with van der Waals surface area (Å²) < 4.78 is 0. The summed E-state index contributed by atoms with van der Waals surface area (Å²) in [7, 11) is 0. The van der Waals surface area contributed by atoms with Gasteiger partial charge in [-0.3, -0.25) is 19.2 Å². The van der Waals surface area contributed by atoms with Crippen LogP contribution in [-0.2, 0) is 30.4 Å². The molecule has 2 aromatic rings. The van der Waals surface area contributed by atoms with E-state index in [-0.39, 0.29) is 6.42 Å². The van der Waals surface area contributed by atoms with Crippen molar-refractivity contribution in [2.24, 2.45) is 11.5 Å². The third kappa shape index (κ3) is 8.77. The average molecular weight is 537 g/mol. The fourth-order valence-corrected chi connectivity index (χ4v) is 4.01. The molecule has 37 heavy (non-hydrogen) atoms. The molecule has 0 aliphatic rings. The molecule has 1 aromatic carbocycles. The number of aliphatic hydroxyl groups excluding tert-OH is 1. The van der Waals surface area contributed by atoms with Crippen LogP contribution in [0.3, 0.4) is 0 Å². The lowest BCUT2D eigenvalue weighted by molar-refractivity contribution is -0.143. The minimum Gasteiger partial charge on any atom is -0.480 e. The standard InChI is InChI=1S/C23H32N6O7S/c1-37-7-6-14(24)20(32)27-16(8-12-10-26-15-5-3-2-4-13(12)15)21(33)28-17(9-19(25)31)22(34)29-18(11-30)23(35)36/h2-5,10,14,16-18,26,30H,6-9,11,24H2,1H3,(H2,25,31)(H,27,32)(H,28,33)(H,29,34)(H,35,36). The van der Waals surface area contributed by atoms with E-state index in [4.69, 9.17) is 16.6 Å². The maximum absolute atomic E-state index is 13.3. The van der Waals surface area contributed by atoms with Crippen molar-refractivity contribution in [2.45, 2.75) is 43.4 Å². The summed E-state index contributed by atoms with van der Waals surface area (Å²) in [6.07, 6.45) is 3.32. The van der Waals surface area contributed by atoms with E-state index in [1.54, 1.807) is 6.20 Å². The number of benzene rings is 1. The number of primary amides is 1. The fourth-order valence-electron chi connectivity index (χ4n) is 3.52. The minimum atomic E-state index is -1.66. The van der Waals surface area contributed by atoms with Gasteiger partial charge in [-0.15, -0.1) is 0 Å². The van der Waals surface area contributed by atoms with Crippen molar-refractivity contribution in [2.75, 3.05) is 18.6 Å². The summed E-state index contributed by atoms with van der Waals surface area (Å²) >= 11 is 1.51. The van der Waals surface area contributed by atoms with E-state index >= 15 is 0 Å². The molecule has 0 aliphatic carbocycles. The van der Waals surface area contributed by atoms with Crippen LogP contribution in [0.4, 0.5) is 0 Å². The minimum absolute atomic E-state index is 0.0239. The molecule has 0 saturated carbocycles. The summed E-state index contributed by atoms with van der Waals surface area (Å²) in [5.41, 5.74) is 12.7. The summed E-state index contributed by atoms with van der Waals surface area (Å²) in [5.74, 6) is -4.24. The zero-order chi connectivity index (χ0) is 27.5. The van der Waals surface area contributed by atoms with Crippen molar-refractivity contribution in [3.05, 3.63) is 36.0 Å². The van der Waals surface area contributed by atoms with Crippen LogP contribution in [0.15, 0.2) is 30.5 Å². The van der Waals surface area contributed by atoms with Crippen molar-refractivity contribution in [1.82, 2.24) is 20.9 Å². The number of carboxylic acid groups (broad SMARTS) is 1. The lowest BCUT2D eigenvalue weighted by Crippen LogP contribution is -2.58. The molecule has 4 amide bonds. The Bertz CT molecular complexity index is 1120. The molecule has 202 valence electrons. The molecule has 2 rings (SSSR count). The van der Waals surface area contributed by atoms with Gasteiger partial charge in [0.15, 0.2) is 0 Å². The highest BCUT2D eigenvalue weighted by atomic mass is 32.2. The van der Waals surface area contributed by atoms with Crippen LogP contribution in [0, 0.1) is 0 Å². The Morgan fingerprint density at radius 2 is 1.62 bits per heavy atom. The first kappa shape index (κ1) is 29.6. The summed E-state index contributed by atoms with van der Waals surface area (Å²) in [5, 5.41) is 26.1. The van der Waals surface area contributed by atoms with Crippen LogP contribution >= 0.6 is 11.8 Å². The average Bonchev–Trinajstić information content (AvgIpc) is 3.26. The smallest absolute Gasteiger partial charge is 0.328 e. The number of thioether (sulfide) groups is 1. The highest BCUT2D eigenvalue weighted by Crippen LogP contribution is 2.19. The second kappa shape index (κ2) is 14.2. The van der Waals surface area contributed by atoms with Crippen molar-refractivity contribution in [1.29, 1.82) is 0 Å². The number of nitrogens with one attached hydrogen (secondary N) is 4. The molecule has 1 aromatic heterocycles. The molecule has 0 bridgehead atoms. The number of carbonyl (C=O) groups is 5. The summed E-state index contributed by atoms with van der Waals surface area (Å²) in [6, 6.07) is 2.06. The predicted octanol–water partition coefficient (Wildman–Crippen LogP) is -1.80. The van der Waals surface area contributed by atoms with Crippen LogP contribution in [0.25, 0.3) is 10.9 Å². The first-order valence-corrected chi connectivity index (χ1v) is 12.8. The second-order valence-electron chi connectivity index (χ2n) is 8.33. The molecule has 0 spiro atoms. The molecule has 0 aliphatic heterocycles. The zero-order valence-electron chi connectivity index (χ0n) is 20.2. The van der Waals surface area contributed by atoms with Crippen molar-refractivity contribution in [3.63, 3.8) is 0 Å². The van der Waals surface area contributed by atoms with Gasteiger partial charge < -0.3 is 42.6 Å². The maximum atomic E-state index is 13.3. The number of para-hydroxylation sites is 1. The van der Waals surface area contributed by atoms with Crippen molar-refractivity contribution < 1.29 is 34.2 Å². The quantitative estimate of drug-likeness (QED) is 0.128. The Balaban J connectivity index is 2.29. The van der Waals surface area contributed by atoms with E-state index < -0.39 is 66.8 Å². The van der Waals surface area contributed by atoms with Gasteiger partial charge in [-0.05, 0) is 30.1 Å². The topological polar surface area (TPSA) is 230 Å². The van der Waals surface area contributed by atoms with Gasteiger partial charge in [-0.1, -0.05) is 18.2 Å². The third-order valence-corrected chi connectivity index (χ3v) is 6.18. The number of hydrogen-bond donors (Lipinski definition) is 8. The van der Waals surface area contributed by atoms with Gasteiger partial charge in [0.25, 0.3) is 0 Å². The Labute approximate surface area is 217 Å². The van der Waals surface area contributed by atoms with E-state index in [2.05, 4.69) is 15.6 Å². The van der Waals surface area contributed by atoms with Crippen LogP contribution in [-0.4, -0.2) is 87.6 Å². The van der Waals surface area contributed by atoms with Crippen LogP contribution in [0.1, 0.15) is 18.4 Å². The number of rotatable bonds is 15. The van der Waals surface area contributed by atoms with Crippen molar-refractivity contribution >= 4 is 52.3 Å². The summed E-state index contributed by atoms with van der Waals surface area (Å²) in [6.45, 7) is -0.911. The van der Waals surface area contributed by atoms with Gasteiger partial charge in [0.05, 0.1) is 19.1 Å². The van der Waals surface area contributed by atoms with Gasteiger partial charge in [0, 0.05) is 23.5 Å². The number of aromatic amines is 1. The third-order valence-electron chi connectivity index (χ3n) is 5.54. The molecular weight excluding hydrogens is 504 g/mol. The molecule has 0 radical (unpaired) electrons. The lowest BCUT2D eigenvalue weighted by atomic mass is 10.0. The maximum Gasteiger partial charge on any atom is 0.328 e. The lowest BCUT2D eigenvalue weighted by Gasteiger charge is -2.24. The zero-order valence-corrected chi connectivity index (χ0v) is 21.0. The van der Waals surface area contributed by atoms with Gasteiger partial charge in [0.2, 0.25) is 23.6 Å². The number of aliphatic carboxylic acids is 1. The largest absolute Gasteiger partial charge is 0.480 e. The Morgan fingerprint density at radius 1 is 1.00 bits per heavy atom. The molecule has 10 N–H and O–H groups in total. The van der Waals surface area contributed by atoms with E-state index in [1.165, 1.54) is 11.8 Å². The van der Waals surface area contributed by atoms with Gasteiger partial charge in [-0.2, -0.15) is 11.8 Å². The van der Waals surface area contributed by atoms with Gasteiger partial charge in [0.1, 0.15) is 18.1 Å². The number of carbonyl (C=O) groups excluding carboxylic acids is 4. The normalized spacial score (nSPS) is 14.2. The molecule has 0 fully saturated rings. The number of amides is 4. The molecular formula is C23H32N6O7S. The van der Waals surface area contributed by atoms with Crippen LogP contribution < -0.4 is 27.4 Å².